The Kier molecular flexibility index (Phi) is 5.08. The second-order valence-corrected chi connectivity index (χ2v) is 4.86. The first kappa shape index (κ1) is 14.4. The van der Waals surface area contributed by atoms with Crippen LogP contribution in [-0.4, -0.2) is 30.2 Å². The average Bonchev–Trinajstić information content (AvgIpc) is 2.29. The predicted octanol–water partition coefficient (Wildman–Crippen LogP) is 2.28. The third-order valence-electron chi connectivity index (χ3n) is 3.13. The van der Waals surface area contributed by atoms with E-state index in [9.17, 15) is 9.59 Å². The molecule has 0 aliphatic rings. The molecule has 0 fully saturated rings. The van der Waals surface area contributed by atoms with Crippen molar-refractivity contribution in [3.05, 3.63) is 34.9 Å². The number of nitrogens with zero attached hydrogens (tertiary/aromatic N) is 1. The van der Waals surface area contributed by atoms with Gasteiger partial charge in [-0.15, -0.1) is 0 Å². The minimum atomic E-state index is -0.105. The number of hydrogen-bond donors (Lipinski definition) is 0. The summed E-state index contributed by atoms with van der Waals surface area (Å²) >= 11 is 0. The van der Waals surface area contributed by atoms with Gasteiger partial charge in [-0.25, -0.2) is 0 Å². The lowest BCUT2D eigenvalue weighted by Crippen LogP contribution is -2.30. The van der Waals surface area contributed by atoms with Crippen molar-refractivity contribution < 1.29 is 9.59 Å². The summed E-state index contributed by atoms with van der Waals surface area (Å²) < 4.78 is 0. The maximum Gasteiger partial charge on any atom is 0.229 e. The lowest BCUT2D eigenvalue weighted by molar-refractivity contribution is -0.133. The van der Waals surface area contributed by atoms with Crippen LogP contribution in [0.25, 0.3) is 0 Å². The van der Waals surface area contributed by atoms with E-state index in [-0.39, 0.29) is 18.1 Å². The zero-order chi connectivity index (χ0) is 13.7. The fourth-order valence-corrected chi connectivity index (χ4v) is 1.73. The number of ketones is 1. The van der Waals surface area contributed by atoms with Crippen LogP contribution >= 0.6 is 0 Å². The molecular formula is C15H21NO2. The molecule has 1 amide bonds. The molecule has 0 saturated carbocycles. The minimum absolute atomic E-state index is 0.00340. The van der Waals surface area contributed by atoms with Gasteiger partial charge in [-0.3, -0.25) is 9.59 Å². The molecule has 18 heavy (non-hydrogen) atoms. The van der Waals surface area contributed by atoms with Crippen LogP contribution in [0, 0.1) is 13.8 Å². The summed E-state index contributed by atoms with van der Waals surface area (Å²) in [5, 5.41) is 0. The van der Waals surface area contributed by atoms with Crippen molar-refractivity contribution in [1.29, 1.82) is 0 Å². The number of likely N-dealkylation sites (N-methyl/N-ethyl adjacent to an activating group) is 1. The summed E-state index contributed by atoms with van der Waals surface area (Å²) in [5.74, 6) is -0.190. The highest BCUT2D eigenvalue weighted by Crippen LogP contribution is 2.10. The van der Waals surface area contributed by atoms with E-state index in [1.807, 2.05) is 0 Å². The highest BCUT2D eigenvalue weighted by atomic mass is 16.2. The van der Waals surface area contributed by atoms with Crippen LogP contribution in [0.4, 0.5) is 0 Å². The smallest absolute Gasteiger partial charge is 0.229 e. The quantitative estimate of drug-likeness (QED) is 0.749. The van der Waals surface area contributed by atoms with Crippen molar-refractivity contribution in [3.63, 3.8) is 0 Å². The third kappa shape index (κ3) is 4.32. The van der Waals surface area contributed by atoms with Gasteiger partial charge in [-0.2, -0.15) is 0 Å². The molecule has 0 aliphatic carbocycles. The Balaban J connectivity index is 2.51. The van der Waals surface area contributed by atoms with Gasteiger partial charge in [-0.1, -0.05) is 18.2 Å². The molecule has 0 bridgehead atoms. The van der Waals surface area contributed by atoms with Crippen LogP contribution in [0.5, 0.6) is 0 Å². The van der Waals surface area contributed by atoms with E-state index >= 15 is 0 Å². The summed E-state index contributed by atoms with van der Waals surface area (Å²) in [6, 6.07) is 6.34. The number of rotatable bonds is 5. The molecule has 98 valence electrons. The topological polar surface area (TPSA) is 37.4 Å². The van der Waals surface area contributed by atoms with Crippen LogP contribution < -0.4 is 0 Å². The summed E-state index contributed by atoms with van der Waals surface area (Å²) in [6.45, 7) is 6.26. The van der Waals surface area contributed by atoms with Gasteiger partial charge in [0.2, 0.25) is 5.91 Å². The third-order valence-corrected chi connectivity index (χ3v) is 3.13. The lowest BCUT2D eigenvalue weighted by Gasteiger charge is -2.16. The number of aryl methyl sites for hydroxylation is 2. The van der Waals surface area contributed by atoms with Gasteiger partial charge in [0, 0.05) is 13.6 Å². The Hall–Kier alpha value is -1.64. The van der Waals surface area contributed by atoms with Crippen LogP contribution in [0.2, 0.25) is 0 Å². The van der Waals surface area contributed by atoms with E-state index in [1.165, 1.54) is 23.6 Å². The first-order chi connectivity index (χ1) is 8.40. The largest absolute Gasteiger partial charge is 0.345 e. The Morgan fingerprint density at radius 3 is 2.39 bits per heavy atom. The SMILES string of the molecule is CC(=O)CC(=O)N(C)CCc1ccc(C)c(C)c1. The molecule has 0 spiro atoms. The molecule has 0 aliphatic heterocycles. The fourth-order valence-electron chi connectivity index (χ4n) is 1.73. The summed E-state index contributed by atoms with van der Waals surface area (Å²) in [7, 11) is 1.74. The summed E-state index contributed by atoms with van der Waals surface area (Å²) in [6.07, 6.45) is 0.824. The molecular weight excluding hydrogens is 226 g/mol. The average molecular weight is 247 g/mol. The van der Waals surface area contributed by atoms with Crippen LogP contribution in [-0.2, 0) is 16.0 Å². The van der Waals surface area contributed by atoms with Gasteiger partial charge in [0.05, 0.1) is 6.42 Å². The van der Waals surface area contributed by atoms with Gasteiger partial charge < -0.3 is 4.90 Å². The Bertz CT molecular complexity index is 452. The van der Waals surface area contributed by atoms with E-state index in [1.54, 1.807) is 11.9 Å². The molecule has 0 saturated heterocycles. The Morgan fingerprint density at radius 2 is 1.83 bits per heavy atom. The molecule has 0 N–H and O–H groups in total. The van der Waals surface area contributed by atoms with Crippen LogP contribution in [0.3, 0.4) is 0 Å². The number of carbonyl (C=O) groups is 2. The second-order valence-electron chi connectivity index (χ2n) is 4.86. The summed E-state index contributed by atoms with van der Waals surface area (Å²) in [4.78, 5) is 24.1. The maximum absolute atomic E-state index is 11.6. The highest BCUT2D eigenvalue weighted by molar-refractivity contribution is 5.96. The number of hydrogen-bond acceptors (Lipinski definition) is 2. The first-order valence-corrected chi connectivity index (χ1v) is 6.19. The van der Waals surface area contributed by atoms with Crippen molar-refractivity contribution in [3.8, 4) is 0 Å². The van der Waals surface area contributed by atoms with E-state index < -0.39 is 0 Å². The normalized spacial score (nSPS) is 10.2. The minimum Gasteiger partial charge on any atom is -0.345 e. The van der Waals surface area contributed by atoms with E-state index in [0.29, 0.717) is 6.54 Å². The van der Waals surface area contributed by atoms with Gasteiger partial charge in [-0.05, 0) is 43.9 Å². The molecule has 1 aromatic rings. The van der Waals surface area contributed by atoms with E-state index in [0.717, 1.165) is 6.42 Å². The first-order valence-electron chi connectivity index (χ1n) is 6.19. The van der Waals surface area contributed by atoms with Crippen LogP contribution in [0.15, 0.2) is 18.2 Å². The molecule has 3 heteroatoms. The van der Waals surface area contributed by atoms with E-state index in [4.69, 9.17) is 0 Å². The Labute approximate surface area is 109 Å². The molecule has 3 nitrogen and oxygen atoms in total. The number of amides is 1. The van der Waals surface area contributed by atoms with Crippen molar-refractivity contribution in [1.82, 2.24) is 4.90 Å². The number of carbonyl (C=O) groups excluding carboxylic acids is 2. The molecule has 1 rings (SSSR count). The zero-order valence-electron chi connectivity index (χ0n) is 11.6. The molecule has 0 unspecified atom stereocenters. The fraction of sp³-hybridized carbons (Fsp3) is 0.467. The van der Waals surface area contributed by atoms with Gasteiger partial charge in [0.1, 0.15) is 5.78 Å². The van der Waals surface area contributed by atoms with Crippen LogP contribution in [0.1, 0.15) is 30.0 Å². The van der Waals surface area contributed by atoms with Gasteiger partial charge in [0.25, 0.3) is 0 Å². The zero-order valence-corrected chi connectivity index (χ0v) is 11.6. The predicted molar refractivity (Wildman–Crippen MR) is 72.6 cm³/mol. The van der Waals surface area contributed by atoms with Gasteiger partial charge in [0.15, 0.2) is 0 Å². The lowest BCUT2D eigenvalue weighted by atomic mass is 10.0. The standard InChI is InChI=1S/C15H21NO2/c1-11-5-6-14(9-12(11)2)7-8-16(4)15(18)10-13(3)17/h5-6,9H,7-8,10H2,1-4H3. The summed E-state index contributed by atoms with van der Waals surface area (Å²) in [5.41, 5.74) is 3.77. The highest BCUT2D eigenvalue weighted by Gasteiger charge is 2.10. The van der Waals surface area contributed by atoms with Gasteiger partial charge >= 0.3 is 0 Å². The Morgan fingerprint density at radius 1 is 1.17 bits per heavy atom. The molecule has 0 heterocycles. The second kappa shape index (κ2) is 6.34. The number of Topliss-reactive ketones (excluding diaryl/α,β-unsaturated/α-hetero) is 1. The maximum atomic E-state index is 11.6. The van der Waals surface area contributed by atoms with Crippen molar-refractivity contribution in [2.24, 2.45) is 0 Å². The molecule has 0 aromatic heterocycles. The van der Waals surface area contributed by atoms with E-state index in [2.05, 4.69) is 32.0 Å². The van der Waals surface area contributed by atoms with Crippen molar-refractivity contribution in [2.75, 3.05) is 13.6 Å². The monoisotopic (exact) mass is 247 g/mol. The molecule has 0 radical (unpaired) electrons. The molecule has 0 atom stereocenters. The number of benzene rings is 1. The van der Waals surface area contributed by atoms with Crippen molar-refractivity contribution >= 4 is 11.7 Å². The van der Waals surface area contributed by atoms with Crippen molar-refractivity contribution in [2.45, 2.75) is 33.6 Å². The molecule has 1 aromatic carbocycles.